The molecule has 1 rings (SSSR count). The highest BCUT2D eigenvalue weighted by molar-refractivity contribution is 5.87. The van der Waals surface area contributed by atoms with E-state index < -0.39 is 0 Å². The fourth-order valence-electron chi connectivity index (χ4n) is 0.824. The molecule has 1 heterocycles. The van der Waals surface area contributed by atoms with Crippen LogP contribution in [0.2, 0.25) is 0 Å². The van der Waals surface area contributed by atoms with E-state index in [2.05, 4.69) is 10.6 Å². The van der Waals surface area contributed by atoms with E-state index in [4.69, 9.17) is 4.42 Å². The van der Waals surface area contributed by atoms with E-state index in [-0.39, 0.29) is 12.1 Å². The molecule has 0 bridgehead atoms. The number of nitrogens with one attached hydrogen (secondary N) is 2. The van der Waals surface area contributed by atoms with Gasteiger partial charge in [0, 0.05) is 12.1 Å². The highest BCUT2D eigenvalue weighted by Crippen LogP contribution is 2.05. The van der Waals surface area contributed by atoms with Crippen molar-refractivity contribution in [1.29, 1.82) is 0 Å². The molecule has 0 aromatic carbocycles. The van der Waals surface area contributed by atoms with Crippen LogP contribution in [0.3, 0.4) is 0 Å². The van der Waals surface area contributed by atoms with Crippen LogP contribution in [0, 0.1) is 0 Å². The summed E-state index contributed by atoms with van der Waals surface area (Å²) in [4.78, 5) is 11.2. The molecule has 0 spiro atoms. The van der Waals surface area contributed by atoms with Gasteiger partial charge in [0.15, 0.2) is 0 Å². The minimum absolute atomic E-state index is 0.176. The monoisotopic (exact) mass is 182 g/mol. The fourth-order valence-corrected chi connectivity index (χ4v) is 0.824. The second-order valence-corrected chi connectivity index (χ2v) is 2.89. The van der Waals surface area contributed by atoms with Gasteiger partial charge in [0.2, 0.25) is 5.88 Å². The summed E-state index contributed by atoms with van der Waals surface area (Å²) in [5, 5.41) is 5.33. The van der Waals surface area contributed by atoms with Crippen molar-refractivity contribution in [2.75, 3.05) is 5.32 Å². The molecule has 0 aliphatic carbocycles. The zero-order valence-corrected chi connectivity index (χ0v) is 7.83. The molecular weight excluding hydrogens is 168 g/mol. The molecule has 0 radical (unpaired) electrons. The Morgan fingerprint density at radius 2 is 2.46 bits per heavy atom. The van der Waals surface area contributed by atoms with Gasteiger partial charge in [-0.25, -0.2) is 4.79 Å². The lowest BCUT2D eigenvalue weighted by atomic mass is 10.3. The SMILES string of the molecule is CCC(C)NC(=O)Nc1ccco1. The normalized spacial score (nSPS) is 12.2. The summed E-state index contributed by atoms with van der Waals surface area (Å²) < 4.78 is 4.95. The summed E-state index contributed by atoms with van der Waals surface area (Å²) in [6, 6.07) is 3.36. The predicted octanol–water partition coefficient (Wildman–Crippen LogP) is 2.20. The Kier molecular flexibility index (Phi) is 3.37. The molecule has 72 valence electrons. The van der Waals surface area contributed by atoms with E-state index in [9.17, 15) is 4.79 Å². The van der Waals surface area contributed by atoms with Gasteiger partial charge in [-0.2, -0.15) is 0 Å². The van der Waals surface area contributed by atoms with Crippen LogP contribution in [0.15, 0.2) is 22.8 Å². The van der Waals surface area contributed by atoms with Gasteiger partial charge in [0.25, 0.3) is 0 Å². The molecule has 1 aromatic rings. The van der Waals surface area contributed by atoms with Crippen molar-refractivity contribution in [1.82, 2.24) is 5.32 Å². The van der Waals surface area contributed by atoms with Crippen LogP contribution in [0.1, 0.15) is 20.3 Å². The first-order valence-corrected chi connectivity index (χ1v) is 4.33. The van der Waals surface area contributed by atoms with Crippen LogP contribution in [0.5, 0.6) is 0 Å². The first kappa shape index (κ1) is 9.64. The number of hydrogen-bond acceptors (Lipinski definition) is 2. The Bertz CT molecular complexity index is 257. The second kappa shape index (κ2) is 4.54. The van der Waals surface area contributed by atoms with E-state index in [0.29, 0.717) is 5.88 Å². The van der Waals surface area contributed by atoms with Crippen LogP contribution in [-0.2, 0) is 0 Å². The summed E-state index contributed by atoms with van der Waals surface area (Å²) in [6.45, 7) is 3.96. The van der Waals surface area contributed by atoms with Crippen LogP contribution < -0.4 is 10.6 Å². The van der Waals surface area contributed by atoms with E-state index in [1.54, 1.807) is 12.1 Å². The standard InChI is InChI=1S/C9H14N2O2/c1-3-7(2)10-9(12)11-8-5-4-6-13-8/h4-7H,3H2,1-2H3,(H2,10,11,12). The number of furan rings is 1. The number of hydrogen-bond donors (Lipinski definition) is 2. The third-order valence-electron chi connectivity index (χ3n) is 1.75. The van der Waals surface area contributed by atoms with Crippen LogP contribution >= 0.6 is 0 Å². The van der Waals surface area contributed by atoms with E-state index >= 15 is 0 Å². The summed E-state index contributed by atoms with van der Waals surface area (Å²) >= 11 is 0. The lowest BCUT2D eigenvalue weighted by Crippen LogP contribution is -2.35. The molecule has 0 fully saturated rings. The highest BCUT2D eigenvalue weighted by Gasteiger charge is 2.05. The maximum atomic E-state index is 11.2. The number of carbonyl (C=O) groups is 1. The molecule has 4 nitrogen and oxygen atoms in total. The van der Waals surface area contributed by atoms with Crippen molar-refractivity contribution >= 4 is 11.9 Å². The first-order valence-electron chi connectivity index (χ1n) is 4.33. The van der Waals surface area contributed by atoms with Crippen LogP contribution in [0.4, 0.5) is 10.7 Å². The minimum Gasteiger partial charge on any atom is -0.449 e. The Balaban J connectivity index is 2.34. The molecule has 1 aromatic heterocycles. The third kappa shape index (κ3) is 3.19. The lowest BCUT2D eigenvalue weighted by molar-refractivity contribution is 0.248. The van der Waals surface area contributed by atoms with E-state index in [1.807, 2.05) is 13.8 Å². The number of urea groups is 1. The molecule has 0 saturated carbocycles. The van der Waals surface area contributed by atoms with Crippen molar-refractivity contribution in [3.63, 3.8) is 0 Å². The predicted molar refractivity (Wildman–Crippen MR) is 50.6 cm³/mol. The zero-order chi connectivity index (χ0) is 9.68. The number of rotatable bonds is 3. The van der Waals surface area contributed by atoms with Gasteiger partial charge in [0.05, 0.1) is 6.26 Å². The van der Waals surface area contributed by atoms with Gasteiger partial charge >= 0.3 is 6.03 Å². The van der Waals surface area contributed by atoms with Gasteiger partial charge in [-0.3, -0.25) is 5.32 Å². The summed E-state index contributed by atoms with van der Waals surface area (Å²) in [5.41, 5.74) is 0. The van der Waals surface area contributed by atoms with E-state index in [1.165, 1.54) is 6.26 Å². The van der Waals surface area contributed by atoms with Crippen LogP contribution in [-0.4, -0.2) is 12.1 Å². The van der Waals surface area contributed by atoms with Gasteiger partial charge in [-0.05, 0) is 19.4 Å². The van der Waals surface area contributed by atoms with Gasteiger partial charge in [-0.1, -0.05) is 6.92 Å². The largest absolute Gasteiger partial charge is 0.449 e. The number of carbonyl (C=O) groups excluding carboxylic acids is 1. The maximum Gasteiger partial charge on any atom is 0.321 e. The average Bonchev–Trinajstić information content (AvgIpc) is 2.56. The van der Waals surface area contributed by atoms with Crippen molar-refractivity contribution in [3.05, 3.63) is 18.4 Å². The zero-order valence-electron chi connectivity index (χ0n) is 7.83. The minimum atomic E-state index is -0.232. The average molecular weight is 182 g/mol. The van der Waals surface area contributed by atoms with Crippen molar-refractivity contribution in [3.8, 4) is 0 Å². The first-order chi connectivity index (χ1) is 6.22. The summed E-state index contributed by atoms with van der Waals surface area (Å²) in [6.07, 6.45) is 2.42. The van der Waals surface area contributed by atoms with Crippen molar-refractivity contribution in [2.45, 2.75) is 26.3 Å². The lowest BCUT2D eigenvalue weighted by Gasteiger charge is -2.10. The Morgan fingerprint density at radius 3 is 3.00 bits per heavy atom. The van der Waals surface area contributed by atoms with E-state index in [0.717, 1.165) is 6.42 Å². The molecule has 2 N–H and O–H groups in total. The maximum absolute atomic E-state index is 11.2. The smallest absolute Gasteiger partial charge is 0.321 e. The fraction of sp³-hybridized carbons (Fsp3) is 0.444. The number of anilines is 1. The summed E-state index contributed by atoms with van der Waals surface area (Å²) in [5.74, 6) is 0.459. The van der Waals surface area contributed by atoms with Crippen LogP contribution in [0.25, 0.3) is 0 Å². The molecule has 1 unspecified atom stereocenters. The van der Waals surface area contributed by atoms with Crippen molar-refractivity contribution in [2.24, 2.45) is 0 Å². The second-order valence-electron chi connectivity index (χ2n) is 2.89. The molecule has 13 heavy (non-hydrogen) atoms. The third-order valence-corrected chi connectivity index (χ3v) is 1.75. The topological polar surface area (TPSA) is 54.3 Å². The summed E-state index contributed by atoms with van der Waals surface area (Å²) in [7, 11) is 0. The molecule has 2 amide bonds. The Hall–Kier alpha value is -1.45. The molecule has 0 aliphatic rings. The van der Waals surface area contributed by atoms with Gasteiger partial charge < -0.3 is 9.73 Å². The highest BCUT2D eigenvalue weighted by atomic mass is 16.3. The van der Waals surface area contributed by atoms with Crippen molar-refractivity contribution < 1.29 is 9.21 Å². The van der Waals surface area contributed by atoms with Gasteiger partial charge in [-0.15, -0.1) is 0 Å². The molecule has 0 aliphatic heterocycles. The van der Waals surface area contributed by atoms with Gasteiger partial charge in [0.1, 0.15) is 0 Å². The molecular formula is C9H14N2O2. The quantitative estimate of drug-likeness (QED) is 0.752. The number of amides is 2. The Morgan fingerprint density at radius 1 is 1.69 bits per heavy atom. The molecule has 4 heteroatoms. The molecule has 0 saturated heterocycles. The molecule has 1 atom stereocenters. The Labute approximate surface area is 77.3 Å².